The van der Waals surface area contributed by atoms with Gasteiger partial charge in [0.1, 0.15) is 0 Å². The van der Waals surface area contributed by atoms with Gasteiger partial charge in [0.05, 0.1) is 0 Å². The van der Waals surface area contributed by atoms with Crippen molar-refractivity contribution in [1.29, 1.82) is 0 Å². The SMILES string of the molecule is [C]1=CC=CCC1=C[n+]1ccccc1. The lowest BCUT2D eigenvalue weighted by Gasteiger charge is -1.96. The summed E-state index contributed by atoms with van der Waals surface area (Å²) < 4.78 is 2.04. The Balaban J connectivity index is 2.21. The largest absolute Gasteiger partial charge is 0.178 e. The number of pyridine rings is 1. The predicted octanol–water partition coefficient (Wildman–Crippen LogP) is 2.13. The van der Waals surface area contributed by atoms with Crippen molar-refractivity contribution in [3.05, 3.63) is 60.5 Å². The van der Waals surface area contributed by atoms with Crippen LogP contribution in [0.15, 0.2) is 54.4 Å². The third-order valence-electron chi connectivity index (χ3n) is 1.88. The van der Waals surface area contributed by atoms with Gasteiger partial charge in [-0.3, -0.25) is 0 Å². The van der Waals surface area contributed by atoms with Gasteiger partial charge in [-0.05, 0) is 12.5 Å². The Kier molecular flexibility index (Phi) is 2.37. The van der Waals surface area contributed by atoms with Crippen molar-refractivity contribution < 1.29 is 4.57 Å². The Morgan fingerprint density at radius 1 is 1.23 bits per heavy atom. The third kappa shape index (κ3) is 2.15. The number of hydrogen-bond donors (Lipinski definition) is 0. The van der Waals surface area contributed by atoms with Crippen LogP contribution in [0.4, 0.5) is 0 Å². The van der Waals surface area contributed by atoms with Crippen LogP contribution in [0.1, 0.15) is 6.42 Å². The molecule has 1 aliphatic rings. The van der Waals surface area contributed by atoms with E-state index in [9.17, 15) is 0 Å². The fourth-order valence-electron chi connectivity index (χ4n) is 1.25. The van der Waals surface area contributed by atoms with Crippen molar-refractivity contribution in [2.24, 2.45) is 0 Å². The molecular weight excluding hydrogens is 158 g/mol. The summed E-state index contributed by atoms with van der Waals surface area (Å²) in [6.45, 7) is 0. The highest BCUT2D eigenvalue weighted by Crippen LogP contribution is 2.07. The molecule has 0 amide bonds. The second kappa shape index (κ2) is 3.85. The summed E-state index contributed by atoms with van der Waals surface area (Å²) in [4.78, 5) is 0. The third-order valence-corrected chi connectivity index (χ3v) is 1.88. The van der Waals surface area contributed by atoms with E-state index in [1.54, 1.807) is 0 Å². The molecule has 2 rings (SSSR count). The quantitative estimate of drug-likeness (QED) is 0.567. The first-order chi connectivity index (χ1) is 6.45. The Bertz CT molecular complexity index is 358. The molecule has 1 heterocycles. The highest BCUT2D eigenvalue weighted by Gasteiger charge is 1.99. The first kappa shape index (κ1) is 7.99. The van der Waals surface area contributed by atoms with Gasteiger partial charge in [0.15, 0.2) is 18.6 Å². The molecule has 0 unspecified atom stereocenters. The monoisotopic (exact) mass is 169 g/mol. The second-order valence-corrected chi connectivity index (χ2v) is 2.92. The zero-order valence-electron chi connectivity index (χ0n) is 7.35. The van der Waals surface area contributed by atoms with Crippen molar-refractivity contribution in [2.45, 2.75) is 6.42 Å². The normalized spacial score (nSPS) is 18.0. The minimum absolute atomic E-state index is 0.971. The fraction of sp³-hybridized carbons (Fsp3) is 0.0833. The van der Waals surface area contributed by atoms with Gasteiger partial charge in [-0.1, -0.05) is 24.3 Å². The molecule has 1 aromatic heterocycles. The molecule has 0 aromatic carbocycles. The van der Waals surface area contributed by atoms with Crippen molar-refractivity contribution in [2.75, 3.05) is 0 Å². The van der Waals surface area contributed by atoms with E-state index in [1.165, 1.54) is 5.57 Å². The van der Waals surface area contributed by atoms with Gasteiger partial charge < -0.3 is 0 Å². The van der Waals surface area contributed by atoms with E-state index < -0.39 is 0 Å². The summed E-state index contributed by atoms with van der Waals surface area (Å²) in [7, 11) is 0. The van der Waals surface area contributed by atoms with E-state index in [0.717, 1.165) is 6.42 Å². The molecular formula is C12H11N+. The van der Waals surface area contributed by atoms with Crippen LogP contribution in [0, 0.1) is 6.08 Å². The van der Waals surface area contributed by atoms with Crippen LogP contribution < -0.4 is 4.57 Å². The van der Waals surface area contributed by atoms with Gasteiger partial charge in [-0.25, -0.2) is 0 Å². The molecule has 1 nitrogen and oxygen atoms in total. The van der Waals surface area contributed by atoms with Crippen LogP contribution in [0.2, 0.25) is 0 Å². The molecule has 0 atom stereocenters. The van der Waals surface area contributed by atoms with Crippen LogP contribution in [-0.2, 0) is 0 Å². The maximum Gasteiger partial charge on any atom is 0.178 e. The summed E-state index contributed by atoms with van der Waals surface area (Å²) in [6, 6.07) is 6.04. The standard InChI is InChI=1S/C12H11N/c1-3-7-12(8-4-1)11-13-9-5-2-6-10-13/h1-6,9-11H,7H2/q+1. The number of allylic oxidation sites excluding steroid dienone is 5. The second-order valence-electron chi connectivity index (χ2n) is 2.92. The number of rotatable bonds is 1. The Morgan fingerprint density at radius 2 is 2.08 bits per heavy atom. The number of hydrogen-bond acceptors (Lipinski definition) is 0. The zero-order valence-corrected chi connectivity index (χ0v) is 7.35. The van der Waals surface area contributed by atoms with Crippen molar-refractivity contribution in [3.8, 4) is 0 Å². The van der Waals surface area contributed by atoms with E-state index in [1.807, 2.05) is 47.3 Å². The van der Waals surface area contributed by atoms with E-state index >= 15 is 0 Å². The van der Waals surface area contributed by atoms with E-state index in [-0.39, 0.29) is 0 Å². The lowest BCUT2D eigenvalue weighted by molar-refractivity contribution is -0.568. The van der Waals surface area contributed by atoms with Gasteiger partial charge in [0.2, 0.25) is 0 Å². The van der Waals surface area contributed by atoms with E-state index in [2.05, 4.69) is 18.4 Å². The Labute approximate surface area is 78.3 Å². The molecule has 0 saturated heterocycles. The molecule has 0 saturated carbocycles. The number of nitrogens with zero attached hydrogens (tertiary/aromatic N) is 1. The maximum atomic E-state index is 3.20. The average Bonchev–Trinajstić information content (AvgIpc) is 2.21. The lowest BCUT2D eigenvalue weighted by Crippen LogP contribution is -2.24. The van der Waals surface area contributed by atoms with Crippen LogP contribution in [0.3, 0.4) is 0 Å². The van der Waals surface area contributed by atoms with Crippen molar-refractivity contribution >= 4 is 6.20 Å². The molecule has 0 aliphatic heterocycles. The topological polar surface area (TPSA) is 3.88 Å². The summed E-state index contributed by atoms with van der Waals surface area (Å²) >= 11 is 0. The average molecular weight is 169 g/mol. The molecule has 1 aliphatic carbocycles. The molecule has 0 N–H and O–H groups in total. The molecule has 1 heteroatoms. The summed E-state index contributed by atoms with van der Waals surface area (Å²) in [5, 5.41) is 0. The van der Waals surface area contributed by atoms with Crippen LogP contribution in [0.25, 0.3) is 6.20 Å². The van der Waals surface area contributed by atoms with E-state index in [4.69, 9.17) is 0 Å². The first-order valence-electron chi connectivity index (χ1n) is 4.36. The molecule has 0 spiro atoms. The maximum absolute atomic E-state index is 3.20. The van der Waals surface area contributed by atoms with Crippen molar-refractivity contribution in [1.82, 2.24) is 0 Å². The molecule has 1 aromatic rings. The molecule has 0 bridgehead atoms. The Morgan fingerprint density at radius 3 is 2.77 bits per heavy atom. The summed E-state index contributed by atoms with van der Waals surface area (Å²) in [6.07, 6.45) is 16.4. The molecule has 0 fully saturated rings. The first-order valence-corrected chi connectivity index (χ1v) is 4.36. The lowest BCUT2D eigenvalue weighted by atomic mass is 10.1. The Hall–Kier alpha value is -1.63. The predicted molar refractivity (Wildman–Crippen MR) is 52.5 cm³/mol. The number of aromatic nitrogens is 1. The molecule has 63 valence electrons. The molecule has 1 radical (unpaired) electrons. The van der Waals surface area contributed by atoms with Crippen LogP contribution in [0.5, 0.6) is 0 Å². The van der Waals surface area contributed by atoms with Gasteiger partial charge in [0, 0.05) is 17.7 Å². The van der Waals surface area contributed by atoms with Gasteiger partial charge in [-0.2, -0.15) is 4.57 Å². The van der Waals surface area contributed by atoms with Gasteiger partial charge in [-0.15, -0.1) is 0 Å². The zero-order chi connectivity index (χ0) is 8.93. The highest BCUT2D eigenvalue weighted by molar-refractivity contribution is 5.33. The minimum atomic E-state index is 0.971. The van der Waals surface area contributed by atoms with E-state index in [0.29, 0.717) is 0 Å². The fourth-order valence-corrected chi connectivity index (χ4v) is 1.25. The van der Waals surface area contributed by atoms with Crippen molar-refractivity contribution in [3.63, 3.8) is 0 Å². The summed E-state index contributed by atoms with van der Waals surface area (Å²) in [5.41, 5.74) is 1.21. The smallest absolute Gasteiger partial charge is 0.173 e. The summed E-state index contributed by atoms with van der Waals surface area (Å²) in [5.74, 6) is 0. The molecule has 13 heavy (non-hydrogen) atoms. The minimum Gasteiger partial charge on any atom is -0.173 e. The van der Waals surface area contributed by atoms with Crippen LogP contribution >= 0.6 is 0 Å². The van der Waals surface area contributed by atoms with Gasteiger partial charge >= 0.3 is 0 Å². The van der Waals surface area contributed by atoms with Crippen LogP contribution in [-0.4, -0.2) is 0 Å². The highest BCUT2D eigenvalue weighted by atomic mass is 14.9. The van der Waals surface area contributed by atoms with Gasteiger partial charge in [0.25, 0.3) is 0 Å².